The van der Waals surface area contributed by atoms with Crippen LogP contribution >= 0.6 is 11.6 Å². The van der Waals surface area contributed by atoms with Crippen LogP contribution in [0.1, 0.15) is 36.8 Å². The highest BCUT2D eigenvalue weighted by Crippen LogP contribution is 2.41. The van der Waals surface area contributed by atoms with Gasteiger partial charge < -0.3 is 9.84 Å². The van der Waals surface area contributed by atoms with Crippen LogP contribution in [0.2, 0.25) is 5.02 Å². The Labute approximate surface area is 165 Å². The maximum atomic E-state index is 13.5. The van der Waals surface area contributed by atoms with Crippen LogP contribution in [0.25, 0.3) is 0 Å². The van der Waals surface area contributed by atoms with Gasteiger partial charge in [0.1, 0.15) is 5.82 Å². The summed E-state index contributed by atoms with van der Waals surface area (Å²) < 4.78 is 19.0. The van der Waals surface area contributed by atoms with Crippen LogP contribution in [0.4, 0.5) is 4.39 Å². The molecule has 3 rings (SSSR count). The first-order chi connectivity index (χ1) is 13.0. The Morgan fingerprint density at radius 1 is 1.11 bits per heavy atom. The van der Waals surface area contributed by atoms with E-state index in [-0.39, 0.29) is 11.7 Å². The lowest BCUT2D eigenvalue weighted by molar-refractivity contribution is -0.0285. The molecule has 2 aromatic carbocycles. The van der Waals surface area contributed by atoms with E-state index in [2.05, 4.69) is 11.8 Å². The van der Waals surface area contributed by atoms with E-state index in [0.29, 0.717) is 31.2 Å². The summed E-state index contributed by atoms with van der Waals surface area (Å²) in [6.07, 6.45) is 1.41. The second-order valence-corrected chi connectivity index (χ2v) is 7.63. The third-order valence-corrected chi connectivity index (χ3v) is 5.62. The lowest BCUT2D eigenvalue weighted by Crippen LogP contribution is -2.45. The lowest BCUT2D eigenvalue weighted by Gasteiger charge is -2.41. The topological polar surface area (TPSA) is 32.7 Å². The Hall–Kier alpha value is -1.46. The molecule has 0 radical (unpaired) electrons. The van der Waals surface area contributed by atoms with Crippen LogP contribution < -0.4 is 0 Å². The largest absolute Gasteiger partial charge is 0.384 e. The van der Waals surface area contributed by atoms with Crippen LogP contribution in [-0.4, -0.2) is 42.9 Å². The van der Waals surface area contributed by atoms with Gasteiger partial charge in [-0.15, -0.1) is 0 Å². The molecular formula is C22H27ClFNO2. The van der Waals surface area contributed by atoms with Gasteiger partial charge >= 0.3 is 0 Å². The van der Waals surface area contributed by atoms with Crippen molar-refractivity contribution in [1.29, 1.82) is 0 Å². The van der Waals surface area contributed by atoms with Gasteiger partial charge in [0.2, 0.25) is 0 Å². The predicted molar refractivity (Wildman–Crippen MR) is 107 cm³/mol. The molecule has 1 aliphatic rings. The van der Waals surface area contributed by atoms with E-state index in [0.717, 1.165) is 30.6 Å². The smallest absolute Gasteiger partial charge is 0.123 e. The molecule has 1 heterocycles. The van der Waals surface area contributed by atoms with Gasteiger partial charge in [-0.05, 0) is 41.8 Å². The number of ether oxygens (including phenoxy) is 1. The molecule has 146 valence electrons. The van der Waals surface area contributed by atoms with E-state index in [1.165, 1.54) is 12.1 Å². The Kier molecular flexibility index (Phi) is 6.88. The highest BCUT2D eigenvalue weighted by molar-refractivity contribution is 6.30. The van der Waals surface area contributed by atoms with Gasteiger partial charge in [0.15, 0.2) is 0 Å². The van der Waals surface area contributed by atoms with E-state index in [9.17, 15) is 9.50 Å². The van der Waals surface area contributed by atoms with Crippen molar-refractivity contribution in [3.05, 3.63) is 70.5 Å². The molecule has 0 aliphatic carbocycles. The fraction of sp³-hybridized carbons (Fsp3) is 0.455. The quantitative estimate of drug-likeness (QED) is 0.749. The minimum atomic E-state index is -1.09. The maximum Gasteiger partial charge on any atom is 0.123 e. The van der Waals surface area contributed by atoms with E-state index in [4.69, 9.17) is 16.3 Å². The Morgan fingerprint density at radius 2 is 1.74 bits per heavy atom. The number of benzene rings is 2. The van der Waals surface area contributed by atoms with Crippen molar-refractivity contribution in [3.8, 4) is 0 Å². The molecule has 0 amide bonds. The predicted octanol–water partition coefficient (Wildman–Crippen LogP) is 4.58. The van der Waals surface area contributed by atoms with Crippen molar-refractivity contribution in [2.45, 2.75) is 31.3 Å². The number of morpholine rings is 1. The Morgan fingerprint density at radius 3 is 2.33 bits per heavy atom. The Bertz CT molecular complexity index is 716. The average molecular weight is 392 g/mol. The molecule has 0 bridgehead atoms. The van der Waals surface area contributed by atoms with Crippen LogP contribution in [0.15, 0.2) is 48.5 Å². The molecule has 0 aromatic heterocycles. The zero-order valence-electron chi connectivity index (χ0n) is 15.7. The summed E-state index contributed by atoms with van der Waals surface area (Å²) in [7, 11) is 0. The highest BCUT2D eigenvalue weighted by atomic mass is 35.5. The zero-order chi connectivity index (χ0) is 19.3. The molecule has 2 aromatic rings. The van der Waals surface area contributed by atoms with Crippen LogP contribution in [0.3, 0.4) is 0 Å². The first kappa shape index (κ1) is 20.3. The summed E-state index contributed by atoms with van der Waals surface area (Å²) in [5.74, 6) is -0.452. The summed E-state index contributed by atoms with van der Waals surface area (Å²) in [5, 5.41) is 12.5. The highest BCUT2D eigenvalue weighted by Gasteiger charge is 2.39. The molecule has 0 unspecified atom stereocenters. The molecule has 1 fully saturated rings. The number of hydrogen-bond donors (Lipinski definition) is 1. The van der Waals surface area contributed by atoms with Gasteiger partial charge in [0.25, 0.3) is 0 Å². The second kappa shape index (κ2) is 9.16. The third-order valence-electron chi connectivity index (χ3n) is 5.37. The average Bonchev–Trinajstić information content (AvgIpc) is 2.68. The minimum Gasteiger partial charge on any atom is -0.384 e. The second-order valence-electron chi connectivity index (χ2n) is 7.20. The summed E-state index contributed by atoms with van der Waals surface area (Å²) in [6, 6.07) is 13.9. The molecule has 0 saturated carbocycles. The Balaban J connectivity index is 2.00. The summed E-state index contributed by atoms with van der Waals surface area (Å²) in [4.78, 5) is 2.33. The number of nitrogens with zero attached hydrogens (tertiary/aromatic N) is 1. The zero-order valence-corrected chi connectivity index (χ0v) is 16.5. The summed E-state index contributed by atoms with van der Waals surface area (Å²) >= 11 is 6.09. The fourth-order valence-corrected chi connectivity index (χ4v) is 4.03. The number of hydrogen-bond acceptors (Lipinski definition) is 3. The monoisotopic (exact) mass is 391 g/mol. The van der Waals surface area contributed by atoms with Crippen molar-refractivity contribution >= 4 is 11.6 Å². The van der Waals surface area contributed by atoms with Gasteiger partial charge in [0.05, 0.1) is 18.8 Å². The van der Waals surface area contributed by atoms with Crippen LogP contribution in [0.5, 0.6) is 0 Å². The number of rotatable bonds is 7. The third kappa shape index (κ3) is 4.88. The molecule has 2 atom stereocenters. The van der Waals surface area contributed by atoms with Gasteiger partial charge in [0, 0.05) is 30.6 Å². The van der Waals surface area contributed by atoms with Gasteiger partial charge in [-0.2, -0.15) is 0 Å². The van der Waals surface area contributed by atoms with Crippen LogP contribution in [-0.2, 0) is 10.3 Å². The summed E-state index contributed by atoms with van der Waals surface area (Å²) in [5.41, 5.74) is 0.694. The SMILES string of the molecule is CCC[C@](O)(c1ccc(F)cc1)[C@H](CN1CCOCC1)c1ccc(Cl)cc1. The van der Waals surface area contributed by atoms with Crippen molar-refractivity contribution < 1.29 is 14.2 Å². The van der Waals surface area contributed by atoms with Gasteiger partial charge in [-0.25, -0.2) is 4.39 Å². The molecule has 1 aliphatic heterocycles. The van der Waals surface area contributed by atoms with E-state index >= 15 is 0 Å². The molecule has 3 nitrogen and oxygen atoms in total. The van der Waals surface area contributed by atoms with Gasteiger partial charge in [-0.1, -0.05) is 49.2 Å². The molecule has 5 heteroatoms. The molecular weight excluding hydrogens is 365 g/mol. The van der Waals surface area contributed by atoms with E-state index in [1.54, 1.807) is 12.1 Å². The molecule has 27 heavy (non-hydrogen) atoms. The van der Waals surface area contributed by atoms with Crippen LogP contribution in [0, 0.1) is 5.82 Å². The first-order valence-electron chi connectivity index (χ1n) is 9.57. The molecule has 0 spiro atoms. The number of halogens is 2. The van der Waals surface area contributed by atoms with Crippen molar-refractivity contribution in [1.82, 2.24) is 4.90 Å². The van der Waals surface area contributed by atoms with Crippen molar-refractivity contribution in [3.63, 3.8) is 0 Å². The minimum absolute atomic E-state index is 0.154. The van der Waals surface area contributed by atoms with Gasteiger partial charge in [-0.3, -0.25) is 4.90 Å². The molecule has 1 N–H and O–H groups in total. The van der Waals surface area contributed by atoms with Crippen molar-refractivity contribution in [2.24, 2.45) is 0 Å². The molecule has 1 saturated heterocycles. The van der Waals surface area contributed by atoms with Crippen molar-refractivity contribution in [2.75, 3.05) is 32.8 Å². The lowest BCUT2D eigenvalue weighted by atomic mass is 9.74. The summed E-state index contributed by atoms with van der Waals surface area (Å²) in [6.45, 7) is 5.86. The van der Waals surface area contributed by atoms with E-state index in [1.807, 2.05) is 24.3 Å². The standard InChI is InChI=1S/C22H27ClFNO2/c1-2-11-22(26,18-5-9-20(24)10-6-18)21(16-25-12-14-27-15-13-25)17-3-7-19(23)8-4-17/h3-10,21,26H,2,11-16H2,1H3/t21-,22+/m1/s1. The fourth-order valence-electron chi connectivity index (χ4n) is 3.91. The first-order valence-corrected chi connectivity index (χ1v) is 9.94. The normalized spacial score (nSPS) is 18.8. The maximum absolute atomic E-state index is 13.5. The number of aliphatic hydroxyl groups is 1. The van der Waals surface area contributed by atoms with E-state index < -0.39 is 5.60 Å².